The molecular weight excluding hydrogens is 190 g/mol. The van der Waals surface area contributed by atoms with Gasteiger partial charge in [0.2, 0.25) is 0 Å². The maximum absolute atomic E-state index is 13.3. The van der Waals surface area contributed by atoms with Crippen LogP contribution in [0.2, 0.25) is 0 Å². The van der Waals surface area contributed by atoms with E-state index in [1.807, 2.05) is 0 Å². The summed E-state index contributed by atoms with van der Waals surface area (Å²) in [6, 6.07) is 3.23. The number of benzene rings is 1. The van der Waals surface area contributed by atoms with Crippen molar-refractivity contribution in [1.29, 1.82) is 0 Å². The lowest BCUT2D eigenvalue weighted by atomic mass is 10.1. The van der Waals surface area contributed by atoms with Gasteiger partial charge in [-0.1, -0.05) is 0 Å². The Balaban J connectivity index is 2.44. The highest BCUT2D eigenvalue weighted by atomic mass is 19.1. The van der Waals surface area contributed by atoms with Crippen LogP contribution in [0.3, 0.4) is 0 Å². The van der Waals surface area contributed by atoms with E-state index in [0.717, 1.165) is 18.2 Å². The lowest BCUT2D eigenvalue weighted by Gasteiger charge is -2.23. The zero-order chi connectivity index (χ0) is 10.2. The predicted octanol–water partition coefficient (Wildman–Crippen LogP) is 2.18. The van der Waals surface area contributed by atoms with Crippen molar-refractivity contribution in [3.05, 3.63) is 35.4 Å². The van der Waals surface area contributed by atoms with Gasteiger partial charge in [-0.15, -0.1) is 0 Å². The molecule has 0 N–H and O–H groups in total. The van der Waals surface area contributed by atoms with Crippen LogP contribution in [0.25, 0.3) is 0 Å². The second-order valence-corrected chi connectivity index (χ2v) is 3.27. The molecule has 1 saturated heterocycles. The summed E-state index contributed by atoms with van der Waals surface area (Å²) in [6.45, 7) is 2.37. The first-order chi connectivity index (χ1) is 6.62. The summed E-state index contributed by atoms with van der Waals surface area (Å²) in [7, 11) is 0. The van der Waals surface area contributed by atoms with E-state index < -0.39 is 17.4 Å². The highest BCUT2D eigenvalue weighted by molar-refractivity contribution is 5.23. The molecule has 1 aromatic rings. The summed E-state index contributed by atoms with van der Waals surface area (Å²) in [4.78, 5) is 0. The summed E-state index contributed by atoms with van der Waals surface area (Å²) in [5, 5.41) is 0. The molecule has 14 heavy (non-hydrogen) atoms. The third-order valence-electron chi connectivity index (χ3n) is 2.26. The monoisotopic (exact) mass is 200 g/mol. The molecule has 0 aliphatic carbocycles. The highest BCUT2D eigenvalue weighted by Crippen LogP contribution is 2.32. The van der Waals surface area contributed by atoms with Crippen LogP contribution >= 0.6 is 0 Å². The second kappa shape index (κ2) is 3.29. The summed E-state index contributed by atoms with van der Waals surface area (Å²) < 4.78 is 36.7. The van der Waals surface area contributed by atoms with E-state index in [0.29, 0.717) is 13.2 Å². The molecule has 0 amide bonds. The lowest BCUT2D eigenvalue weighted by Crippen LogP contribution is -2.24. The van der Waals surface area contributed by atoms with Crippen molar-refractivity contribution in [2.45, 2.75) is 12.7 Å². The fraction of sp³-hybridized carbons (Fsp3) is 0.400. The zero-order valence-corrected chi connectivity index (χ0v) is 7.72. The Morgan fingerprint density at radius 3 is 2.50 bits per heavy atom. The first-order valence-electron chi connectivity index (χ1n) is 4.35. The van der Waals surface area contributed by atoms with Crippen LogP contribution in [0, 0.1) is 11.6 Å². The average molecular weight is 200 g/mol. The molecule has 0 saturated carbocycles. The first-order valence-corrected chi connectivity index (χ1v) is 4.35. The lowest BCUT2D eigenvalue weighted by molar-refractivity contribution is -0.151. The number of halogens is 2. The number of rotatable bonds is 1. The Hall–Kier alpha value is -1.00. The van der Waals surface area contributed by atoms with E-state index in [-0.39, 0.29) is 5.56 Å². The highest BCUT2D eigenvalue weighted by Gasteiger charge is 2.35. The topological polar surface area (TPSA) is 18.5 Å². The third-order valence-corrected chi connectivity index (χ3v) is 2.26. The maximum atomic E-state index is 13.3. The van der Waals surface area contributed by atoms with Crippen LogP contribution in [-0.4, -0.2) is 13.2 Å². The molecule has 1 heterocycles. The Kier molecular flexibility index (Phi) is 2.25. The molecular formula is C10H10F2O2. The summed E-state index contributed by atoms with van der Waals surface area (Å²) >= 11 is 0. The minimum absolute atomic E-state index is 0.106. The van der Waals surface area contributed by atoms with Crippen LogP contribution < -0.4 is 0 Å². The molecule has 1 fully saturated rings. The molecule has 1 aliphatic rings. The molecule has 0 bridgehead atoms. The van der Waals surface area contributed by atoms with Gasteiger partial charge in [-0.25, -0.2) is 8.78 Å². The molecule has 1 aromatic carbocycles. The molecule has 0 unspecified atom stereocenters. The van der Waals surface area contributed by atoms with Crippen molar-refractivity contribution in [3.8, 4) is 0 Å². The minimum atomic E-state index is -1.15. The van der Waals surface area contributed by atoms with Gasteiger partial charge in [0.15, 0.2) is 5.79 Å². The predicted molar refractivity (Wildman–Crippen MR) is 45.6 cm³/mol. The van der Waals surface area contributed by atoms with Gasteiger partial charge in [-0.2, -0.15) is 0 Å². The second-order valence-electron chi connectivity index (χ2n) is 3.27. The fourth-order valence-electron chi connectivity index (χ4n) is 1.52. The van der Waals surface area contributed by atoms with Crippen molar-refractivity contribution in [2.75, 3.05) is 13.2 Å². The summed E-state index contributed by atoms with van der Waals surface area (Å²) in [5.41, 5.74) is 0.106. The number of hydrogen-bond acceptors (Lipinski definition) is 2. The van der Waals surface area contributed by atoms with Gasteiger partial charge in [-0.3, -0.25) is 0 Å². The zero-order valence-electron chi connectivity index (χ0n) is 7.72. The van der Waals surface area contributed by atoms with Crippen molar-refractivity contribution < 1.29 is 18.3 Å². The van der Waals surface area contributed by atoms with Crippen LogP contribution in [0.4, 0.5) is 8.78 Å². The van der Waals surface area contributed by atoms with Crippen molar-refractivity contribution in [2.24, 2.45) is 0 Å². The van der Waals surface area contributed by atoms with Crippen LogP contribution in [-0.2, 0) is 15.3 Å². The van der Waals surface area contributed by atoms with Crippen molar-refractivity contribution >= 4 is 0 Å². The van der Waals surface area contributed by atoms with Gasteiger partial charge in [-0.05, 0) is 25.1 Å². The molecule has 2 nitrogen and oxygen atoms in total. The van der Waals surface area contributed by atoms with Gasteiger partial charge < -0.3 is 9.47 Å². The van der Waals surface area contributed by atoms with Crippen molar-refractivity contribution in [1.82, 2.24) is 0 Å². The van der Waals surface area contributed by atoms with Gasteiger partial charge in [0.25, 0.3) is 0 Å². The quantitative estimate of drug-likeness (QED) is 0.691. The summed E-state index contributed by atoms with van der Waals surface area (Å²) in [6.07, 6.45) is 0. The molecule has 0 spiro atoms. The maximum Gasteiger partial charge on any atom is 0.195 e. The standard InChI is InChI=1S/C10H10F2O2/c1-10(13-4-5-14-10)8-6-7(11)2-3-9(8)12/h2-3,6H,4-5H2,1H3. The Morgan fingerprint density at radius 1 is 1.21 bits per heavy atom. The Labute approximate surface area is 80.4 Å². The molecule has 76 valence electrons. The Morgan fingerprint density at radius 2 is 1.86 bits per heavy atom. The van der Waals surface area contributed by atoms with E-state index in [4.69, 9.17) is 9.47 Å². The van der Waals surface area contributed by atoms with E-state index in [2.05, 4.69) is 0 Å². The van der Waals surface area contributed by atoms with Gasteiger partial charge in [0.1, 0.15) is 11.6 Å². The largest absolute Gasteiger partial charge is 0.344 e. The van der Waals surface area contributed by atoms with E-state index in [1.165, 1.54) is 0 Å². The summed E-state index contributed by atoms with van der Waals surface area (Å²) in [5.74, 6) is -2.16. The van der Waals surface area contributed by atoms with Crippen molar-refractivity contribution in [3.63, 3.8) is 0 Å². The molecule has 2 rings (SSSR count). The van der Waals surface area contributed by atoms with E-state index in [1.54, 1.807) is 6.92 Å². The molecule has 0 aromatic heterocycles. The van der Waals surface area contributed by atoms with Gasteiger partial charge in [0.05, 0.1) is 13.2 Å². The average Bonchev–Trinajstić information content (AvgIpc) is 2.58. The van der Waals surface area contributed by atoms with Gasteiger partial charge in [0, 0.05) is 5.56 Å². The fourth-order valence-corrected chi connectivity index (χ4v) is 1.52. The SMILES string of the molecule is CC1(c2cc(F)ccc2F)OCCO1. The van der Waals surface area contributed by atoms with Crippen LogP contribution in [0.5, 0.6) is 0 Å². The minimum Gasteiger partial charge on any atom is -0.344 e. The Bertz CT molecular complexity index is 346. The number of ether oxygens (including phenoxy) is 2. The third kappa shape index (κ3) is 1.51. The van der Waals surface area contributed by atoms with Crippen LogP contribution in [0.15, 0.2) is 18.2 Å². The first kappa shape index (κ1) is 9.55. The molecule has 0 radical (unpaired) electrons. The smallest absolute Gasteiger partial charge is 0.195 e. The van der Waals surface area contributed by atoms with E-state index in [9.17, 15) is 8.78 Å². The molecule has 0 atom stereocenters. The number of hydrogen-bond donors (Lipinski definition) is 0. The van der Waals surface area contributed by atoms with Gasteiger partial charge >= 0.3 is 0 Å². The molecule has 1 aliphatic heterocycles. The van der Waals surface area contributed by atoms with E-state index >= 15 is 0 Å². The normalized spacial score (nSPS) is 19.9. The molecule has 4 heteroatoms. The van der Waals surface area contributed by atoms with Crippen LogP contribution in [0.1, 0.15) is 12.5 Å².